The minimum atomic E-state index is 0.0996. The Bertz CT molecular complexity index is 137. The predicted octanol–water partition coefficient (Wildman–Crippen LogP) is 4.80. The molecule has 0 aromatic carbocycles. The van der Waals surface area contributed by atoms with Gasteiger partial charge in [-0.05, 0) is 31.6 Å². The molecule has 1 nitrogen and oxygen atoms in total. The van der Waals surface area contributed by atoms with E-state index in [1.54, 1.807) is 0 Å². The molecule has 0 radical (unpaired) electrons. The first kappa shape index (κ1) is 15.0. The van der Waals surface area contributed by atoms with Gasteiger partial charge in [0.15, 0.2) is 0 Å². The number of hydrogen-bond donors (Lipinski definition) is 0. The lowest BCUT2D eigenvalue weighted by molar-refractivity contribution is -0.0487. The van der Waals surface area contributed by atoms with Crippen molar-refractivity contribution in [3.63, 3.8) is 0 Å². The van der Waals surface area contributed by atoms with Gasteiger partial charge in [0.05, 0.1) is 5.60 Å². The maximum absolute atomic E-state index is 6.03. The normalized spacial score (nSPS) is 13.2. The molecule has 0 rings (SSSR count). The summed E-state index contributed by atoms with van der Waals surface area (Å²) in [5, 5.41) is 0. The van der Waals surface area contributed by atoms with Crippen LogP contribution in [0.5, 0.6) is 0 Å². The molecule has 1 heteroatoms. The van der Waals surface area contributed by atoms with Crippen LogP contribution in [0.4, 0.5) is 0 Å². The van der Waals surface area contributed by atoms with Crippen molar-refractivity contribution in [2.75, 3.05) is 6.61 Å². The zero-order valence-corrected chi connectivity index (χ0v) is 11.7. The van der Waals surface area contributed by atoms with Crippen LogP contribution in [-0.2, 0) is 4.74 Å². The first-order valence-electron chi connectivity index (χ1n) is 6.59. The fourth-order valence-corrected chi connectivity index (χ4v) is 1.60. The Morgan fingerprint density at radius 1 is 0.800 bits per heavy atom. The van der Waals surface area contributed by atoms with Crippen LogP contribution in [-0.4, -0.2) is 12.2 Å². The molecule has 0 aromatic heterocycles. The van der Waals surface area contributed by atoms with Crippen LogP contribution >= 0.6 is 0 Å². The van der Waals surface area contributed by atoms with Crippen LogP contribution in [0, 0.1) is 5.41 Å². The molecule has 0 unspecified atom stereocenters. The highest BCUT2D eigenvalue weighted by Crippen LogP contribution is 2.30. The zero-order valence-electron chi connectivity index (χ0n) is 11.7. The molecule has 0 aromatic rings. The van der Waals surface area contributed by atoms with Crippen molar-refractivity contribution in [2.24, 2.45) is 5.41 Å². The molecule has 15 heavy (non-hydrogen) atoms. The molecular formula is C14H30O. The van der Waals surface area contributed by atoms with Crippen LogP contribution in [0.15, 0.2) is 0 Å². The molecule has 0 heterocycles. The van der Waals surface area contributed by atoms with Gasteiger partial charge >= 0.3 is 0 Å². The molecule has 0 amide bonds. The SMILES string of the molecule is CCC(C)(CC)CCOC(C)(CC)CC. The molecule has 0 aliphatic rings. The van der Waals surface area contributed by atoms with Crippen molar-refractivity contribution >= 4 is 0 Å². The molecule has 0 N–H and O–H groups in total. The lowest BCUT2D eigenvalue weighted by Crippen LogP contribution is -2.29. The molecule has 0 saturated carbocycles. The molecular weight excluding hydrogens is 184 g/mol. The Balaban J connectivity index is 3.96. The Labute approximate surface area is 96.6 Å². The van der Waals surface area contributed by atoms with Crippen molar-refractivity contribution in [2.45, 2.75) is 79.2 Å². The van der Waals surface area contributed by atoms with Crippen LogP contribution < -0.4 is 0 Å². The van der Waals surface area contributed by atoms with Crippen molar-refractivity contribution in [1.29, 1.82) is 0 Å². The highest BCUT2D eigenvalue weighted by atomic mass is 16.5. The largest absolute Gasteiger partial charge is 0.375 e. The van der Waals surface area contributed by atoms with E-state index in [2.05, 4.69) is 41.5 Å². The van der Waals surface area contributed by atoms with E-state index in [-0.39, 0.29) is 5.60 Å². The van der Waals surface area contributed by atoms with Crippen molar-refractivity contribution in [1.82, 2.24) is 0 Å². The summed E-state index contributed by atoms with van der Waals surface area (Å²) < 4.78 is 6.03. The van der Waals surface area contributed by atoms with Gasteiger partial charge in [-0.25, -0.2) is 0 Å². The van der Waals surface area contributed by atoms with E-state index in [4.69, 9.17) is 4.74 Å². The molecule has 0 aliphatic heterocycles. The Kier molecular flexibility index (Phi) is 6.51. The maximum atomic E-state index is 6.03. The smallest absolute Gasteiger partial charge is 0.0649 e. The van der Waals surface area contributed by atoms with Crippen LogP contribution in [0.2, 0.25) is 0 Å². The van der Waals surface area contributed by atoms with Gasteiger partial charge in [0.1, 0.15) is 0 Å². The maximum Gasteiger partial charge on any atom is 0.0649 e. The van der Waals surface area contributed by atoms with Gasteiger partial charge in [0.2, 0.25) is 0 Å². The molecule has 0 saturated heterocycles. The standard InChI is InChI=1S/C14H30O/c1-7-13(5,8-2)11-12-15-14(6,9-3)10-4/h7-12H2,1-6H3. The average Bonchev–Trinajstić information content (AvgIpc) is 2.28. The molecule has 0 aliphatic carbocycles. The fraction of sp³-hybridized carbons (Fsp3) is 1.00. The van der Waals surface area contributed by atoms with E-state index < -0.39 is 0 Å². The lowest BCUT2D eigenvalue weighted by Gasteiger charge is -2.31. The van der Waals surface area contributed by atoms with Gasteiger partial charge < -0.3 is 4.74 Å². The highest BCUT2D eigenvalue weighted by Gasteiger charge is 2.23. The summed E-state index contributed by atoms with van der Waals surface area (Å²) in [6, 6.07) is 0. The molecule has 0 bridgehead atoms. The Hall–Kier alpha value is -0.0400. The van der Waals surface area contributed by atoms with Gasteiger partial charge in [0, 0.05) is 6.61 Å². The molecule has 0 spiro atoms. The van der Waals surface area contributed by atoms with Gasteiger partial charge in [-0.3, -0.25) is 0 Å². The lowest BCUT2D eigenvalue weighted by atomic mass is 9.82. The van der Waals surface area contributed by atoms with Gasteiger partial charge in [-0.2, -0.15) is 0 Å². The third-order valence-electron chi connectivity index (χ3n) is 4.36. The van der Waals surface area contributed by atoms with Crippen molar-refractivity contribution in [3.05, 3.63) is 0 Å². The summed E-state index contributed by atoms with van der Waals surface area (Å²) >= 11 is 0. The van der Waals surface area contributed by atoms with Crippen LogP contribution in [0.1, 0.15) is 73.6 Å². The third-order valence-corrected chi connectivity index (χ3v) is 4.36. The minimum Gasteiger partial charge on any atom is -0.375 e. The van der Waals surface area contributed by atoms with E-state index in [1.165, 1.54) is 19.3 Å². The number of hydrogen-bond acceptors (Lipinski definition) is 1. The second-order valence-corrected chi connectivity index (χ2v) is 5.27. The average molecular weight is 214 g/mol. The van der Waals surface area contributed by atoms with E-state index in [0.29, 0.717) is 5.41 Å². The van der Waals surface area contributed by atoms with E-state index >= 15 is 0 Å². The van der Waals surface area contributed by atoms with Crippen LogP contribution in [0.25, 0.3) is 0 Å². The summed E-state index contributed by atoms with van der Waals surface area (Å²) in [6.45, 7) is 14.5. The Morgan fingerprint density at radius 2 is 1.27 bits per heavy atom. The third kappa shape index (κ3) is 5.01. The van der Waals surface area contributed by atoms with E-state index in [0.717, 1.165) is 19.4 Å². The van der Waals surface area contributed by atoms with Crippen LogP contribution in [0.3, 0.4) is 0 Å². The topological polar surface area (TPSA) is 9.23 Å². The van der Waals surface area contributed by atoms with Crippen molar-refractivity contribution < 1.29 is 4.74 Å². The summed E-state index contributed by atoms with van der Waals surface area (Å²) in [4.78, 5) is 0. The quantitative estimate of drug-likeness (QED) is 0.564. The first-order chi connectivity index (χ1) is 6.95. The summed E-state index contributed by atoms with van der Waals surface area (Å²) in [6.07, 6.45) is 5.91. The van der Waals surface area contributed by atoms with E-state index in [9.17, 15) is 0 Å². The second kappa shape index (κ2) is 6.52. The highest BCUT2D eigenvalue weighted by molar-refractivity contribution is 4.74. The summed E-state index contributed by atoms with van der Waals surface area (Å²) in [7, 11) is 0. The van der Waals surface area contributed by atoms with Gasteiger partial charge in [-0.1, -0.05) is 47.5 Å². The predicted molar refractivity (Wildman–Crippen MR) is 68.2 cm³/mol. The monoisotopic (exact) mass is 214 g/mol. The van der Waals surface area contributed by atoms with Crippen molar-refractivity contribution in [3.8, 4) is 0 Å². The second-order valence-electron chi connectivity index (χ2n) is 5.27. The Morgan fingerprint density at radius 3 is 1.60 bits per heavy atom. The summed E-state index contributed by atoms with van der Waals surface area (Å²) in [5.41, 5.74) is 0.574. The molecule has 0 fully saturated rings. The molecule has 0 atom stereocenters. The number of rotatable bonds is 8. The van der Waals surface area contributed by atoms with Gasteiger partial charge in [-0.15, -0.1) is 0 Å². The molecule has 92 valence electrons. The van der Waals surface area contributed by atoms with Gasteiger partial charge in [0.25, 0.3) is 0 Å². The fourth-order valence-electron chi connectivity index (χ4n) is 1.60. The number of ether oxygens (including phenoxy) is 1. The summed E-state index contributed by atoms with van der Waals surface area (Å²) in [5.74, 6) is 0. The zero-order chi connectivity index (χ0) is 11.9. The first-order valence-corrected chi connectivity index (χ1v) is 6.59. The van der Waals surface area contributed by atoms with E-state index in [1.807, 2.05) is 0 Å². The minimum absolute atomic E-state index is 0.0996.